The van der Waals surface area contributed by atoms with Gasteiger partial charge in [-0.15, -0.1) is 12.4 Å². The summed E-state index contributed by atoms with van der Waals surface area (Å²) in [6.07, 6.45) is 1.90. The second-order valence-corrected chi connectivity index (χ2v) is 10.9. The SMILES string of the molecule is COc1ccc(-c2ncc3n2CN(C(=O)[As](C)C)c2ccccc2-3)cc1.Cl. The zero-order valence-electron chi connectivity index (χ0n) is 15.4. The Kier molecular flexibility index (Phi) is 5.63. The predicted octanol–water partition coefficient (Wildman–Crippen LogP) is 4.88. The van der Waals surface area contributed by atoms with E-state index in [4.69, 9.17) is 4.74 Å². The molecule has 0 saturated heterocycles. The van der Waals surface area contributed by atoms with Gasteiger partial charge in [-0.2, -0.15) is 0 Å². The Bertz CT molecular complexity index is 970. The third-order valence-corrected chi connectivity index (χ3v) is 6.68. The number of halogens is 1. The number of carbonyl (C=O) groups excluding carboxylic acids is 1. The number of hydrogen-bond donors (Lipinski definition) is 0. The van der Waals surface area contributed by atoms with Crippen LogP contribution in [0, 0.1) is 0 Å². The molecular weight excluding hydrogens is 425 g/mol. The number of para-hydroxylation sites is 1. The molecule has 0 radical (unpaired) electrons. The van der Waals surface area contributed by atoms with Crippen molar-refractivity contribution < 1.29 is 9.53 Å². The maximum atomic E-state index is 12.9. The van der Waals surface area contributed by atoms with E-state index in [1.807, 2.05) is 53.6 Å². The molecule has 1 amide bonds. The number of hydrogen-bond acceptors (Lipinski definition) is 3. The molecule has 0 unspecified atom stereocenters. The van der Waals surface area contributed by atoms with E-state index in [2.05, 4.69) is 27.0 Å². The summed E-state index contributed by atoms with van der Waals surface area (Å²) in [4.78, 5) is 19.4. The van der Waals surface area contributed by atoms with Crippen LogP contribution in [-0.4, -0.2) is 36.0 Å². The summed E-state index contributed by atoms with van der Waals surface area (Å²) < 4.78 is 7.62. The van der Waals surface area contributed by atoms with Crippen molar-refractivity contribution in [1.29, 1.82) is 0 Å². The third kappa shape index (κ3) is 3.38. The molecule has 0 aliphatic carbocycles. The van der Waals surface area contributed by atoms with Crippen LogP contribution in [0.4, 0.5) is 10.5 Å². The van der Waals surface area contributed by atoms with E-state index in [0.29, 0.717) is 6.67 Å². The van der Waals surface area contributed by atoms with E-state index in [-0.39, 0.29) is 17.1 Å². The quantitative estimate of drug-likeness (QED) is 0.540. The summed E-state index contributed by atoms with van der Waals surface area (Å²) in [6, 6.07) is 15.9. The standard InChI is InChI=1S/C20H20AsN3O2.ClH/c1-21(2)20(25)24-13-23-18(16-6-4-5-7-17(16)24)12-22-19(23)14-8-10-15(26-3)11-9-14;/h4-12H,13H2,1-3H3;1H. The molecule has 0 saturated carbocycles. The average Bonchev–Trinajstić information content (AvgIpc) is 3.11. The van der Waals surface area contributed by atoms with Crippen LogP contribution < -0.4 is 9.64 Å². The topological polar surface area (TPSA) is 47.4 Å². The molecule has 140 valence electrons. The van der Waals surface area contributed by atoms with Gasteiger partial charge in [0, 0.05) is 0 Å². The number of aromatic nitrogens is 2. The molecule has 0 atom stereocenters. The van der Waals surface area contributed by atoms with Crippen LogP contribution >= 0.6 is 12.4 Å². The van der Waals surface area contributed by atoms with E-state index >= 15 is 0 Å². The average molecular weight is 446 g/mol. The number of nitrogens with zero attached hydrogens (tertiary/aromatic N) is 3. The van der Waals surface area contributed by atoms with Crippen LogP contribution in [0.15, 0.2) is 54.7 Å². The molecular formula is C20H21AsClN3O2. The van der Waals surface area contributed by atoms with Gasteiger partial charge in [-0.25, -0.2) is 0 Å². The molecule has 4 rings (SSSR count). The Morgan fingerprint density at radius 2 is 1.81 bits per heavy atom. The summed E-state index contributed by atoms with van der Waals surface area (Å²) in [5.74, 6) is 1.67. The van der Waals surface area contributed by atoms with Gasteiger partial charge in [0.1, 0.15) is 0 Å². The van der Waals surface area contributed by atoms with Crippen molar-refractivity contribution in [1.82, 2.24) is 9.55 Å². The van der Waals surface area contributed by atoms with Crippen LogP contribution in [0.25, 0.3) is 22.6 Å². The number of rotatable bonds is 3. The van der Waals surface area contributed by atoms with Gasteiger partial charge >= 0.3 is 157 Å². The summed E-state index contributed by atoms with van der Waals surface area (Å²) >= 11 is -1.52. The molecule has 1 aromatic heterocycles. The fourth-order valence-electron chi connectivity index (χ4n) is 3.25. The van der Waals surface area contributed by atoms with Gasteiger partial charge in [-0.05, 0) is 0 Å². The van der Waals surface area contributed by atoms with Crippen LogP contribution in [0.1, 0.15) is 0 Å². The largest absolute Gasteiger partial charge is 0.147 e. The molecule has 0 bridgehead atoms. The molecule has 0 spiro atoms. The molecule has 5 nitrogen and oxygen atoms in total. The van der Waals surface area contributed by atoms with Crippen molar-refractivity contribution in [3.63, 3.8) is 0 Å². The second kappa shape index (κ2) is 7.79. The van der Waals surface area contributed by atoms with Gasteiger partial charge in [0.15, 0.2) is 0 Å². The zero-order valence-corrected chi connectivity index (χ0v) is 18.1. The van der Waals surface area contributed by atoms with Gasteiger partial charge in [0.05, 0.1) is 0 Å². The summed E-state index contributed by atoms with van der Waals surface area (Å²) in [6.45, 7) is 0.499. The Balaban J connectivity index is 0.00000210. The Labute approximate surface area is 169 Å². The number of anilines is 1. The number of benzene rings is 2. The van der Waals surface area contributed by atoms with E-state index in [1.54, 1.807) is 7.11 Å². The fraction of sp³-hybridized carbons (Fsp3) is 0.200. The van der Waals surface area contributed by atoms with Gasteiger partial charge < -0.3 is 0 Å². The van der Waals surface area contributed by atoms with Gasteiger partial charge in [-0.1, -0.05) is 0 Å². The number of ether oxygens (including phenoxy) is 1. The smallest absolute Gasteiger partial charge is 0.147 e. The monoisotopic (exact) mass is 445 g/mol. The Morgan fingerprint density at radius 3 is 2.48 bits per heavy atom. The minimum atomic E-state index is -1.52. The number of carbonyl (C=O) groups is 1. The molecule has 27 heavy (non-hydrogen) atoms. The fourth-order valence-corrected chi connectivity index (χ4v) is 4.62. The van der Waals surface area contributed by atoms with Gasteiger partial charge in [0.25, 0.3) is 0 Å². The number of imidazole rings is 1. The van der Waals surface area contributed by atoms with Crippen LogP contribution in [-0.2, 0) is 6.67 Å². The molecule has 1 aliphatic rings. The van der Waals surface area contributed by atoms with Crippen molar-refractivity contribution >= 4 is 37.4 Å². The normalized spacial score (nSPS) is 12.2. The van der Waals surface area contributed by atoms with E-state index in [1.165, 1.54) is 0 Å². The Hall–Kier alpha value is -2.23. The molecule has 2 heterocycles. The molecule has 0 N–H and O–H groups in total. The predicted molar refractivity (Wildman–Crippen MR) is 112 cm³/mol. The third-order valence-electron chi connectivity index (χ3n) is 4.57. The summed E-state index contributed by atoms with van der Waals surface area (Å²) in [5.41, 5.74) is 8.23. The second-order valence-electron chi connectivity index (χ2n) is 6.39. The van der Waals surface area contributed by atoms with E-state index in [0.717, 1.165) is 34.1 Å². The van der Waals surface area contributed by atoms with Crippen LogP contribution in [0.3, 0.4) is 0 Å². The van der Waals surface area contributed by atoms with Crippen molar-refractivity contribution in [2.75, 3.05) is 12.0 Å². The molecule has 0 fully saturated rings. The van der Waals surface area contributed by atoms with Gasteiger partial charge in [0.2, 0.25) is 0 Å². The van der Waals surface area contributed by atoms with Crippen molar-refractivity contribution in [3.05, 3.63) is 54.7 Å². The number of amides is 1. The maximum Gasteiger partial charge on any atom is -0.147 e. The minimum absolute atomic E-state index is 0. The maximum absolute atomic E-state index is 12.9. The zero-order chi connectivity index (χ0) is 18.3. The minimum Gasteiger partial charge on any atom is -0.147 e. The first-order chi connectivity index (χ1) is 12.6. The van der Waals surface area contributed by atoms with Crippen molar-refractivity contribution in [2.24, 2.45) is 0 Å². The first-order valence-electron chi connectivity index (χ1n) is 8.38. The first-order valence-corrected chi connectivity index (χ1v) is 13.1. The molecule has 3 aromatic rings. The van der Waals surface area contributed by atoms with Crippen LogP contribution in [0.2, 0.25) is 11.4 Å². The number of fused-ring (bicyclic) bond motifs is 3. The van der Waals surface area contributed by atoms with Crippen LogP contribution in [0.5, 0.6) is 5.75 Å². The molecule has 7 heteroatoms. The van der Waals surface area contributed by atoms with Crippen molar-refractivity contribution in [3.8, 4) is 28.4 Å². The Morgan fingerprint density at radius 1 is 1.11 bits per heavy atom. The summed E-state index contributed by atoms with van der Waals surface area (Å²) in [7, 11) is 1.66. The summed E-state index contributed by atoms with van der Waals surface area (Å²) in [5, 5.41) is 0. The van der Waals surface area contributed by atoms with Gasteiger partial charge in [-0.3, -0.25) is 0 Å². The molecule has 1 aliphatic heterocycles. The van der Waals surface area contributed by atoms with E-state index in [9.17, 15) is 4.79 Å². The first kappa shape index (κ1) is 19.5. The number of methoxy groups -OCH3 is 1. The van der Waals surface area contributed by atoms with E-state index < -0.39 is 14.7 Å². The van der Waals surface area contributed by atoms with Crippen molar-refractivity contribution in [2.45, 2.75) is 18.1 Å². The molecule has 2 aromatic carbocycles.